The third-order valence-electron chi connectivity index (χ3n) is 4.08. The van der Waals surface area contributed by atoms with Crippen molar-refractivity contribution in [1.29, 1.82) is 0 Å². The summed E-state index contributed by atoms with van der Waals surface area (Å²) in [6.45, 7) is 6.02. The van der Waals surface area contributed by atoms with Gasteiger partial charge < -0.3 is 14.5 Å². The number of ether oxygens (including phenoxy) is 1. The Bertz CT molecular complexity index is 798. The fourth-order valence-electron chi connectivity index (χ4n) is 2.88. The summed E-state index contributed by atoms with van der Waals surface area (Å²) in [5.74, 6) is 0.456. The average molecular weight is 372 g/mol. The lowest BCUT2D eigenvalue weighted by atomic mass is 10.2. The number of benzene rings is 1. The van der Waals surface area contributed by atoms with E-state index >= 15 is 0 Å². The molecule has 1 N–H and O–H groups in total. The van der Waals surface area contributed by atoms with E-state index in [1.807, 2.05) is 30.3 Å². The van der Waals surface area contributed by atoms with Crippen molar-refractivity contribution in [3.05, 3.63) is 36.2 Å². The molecule has 2 amide bonds. The molecule has 0 radical (unpaired) electrons. The minimum absolute atomic E-state index is 0.108. The molecule has 3 rings (SSSR count). The molecule has 2 heterocycles. The number of rotatable bonds is 4. The van der Waals surface area contributed by atoms with Crippen molar-refractivity contribution in [3.8, 4) is 11.5 Å². The molecule has 144 valence electrons. The van der Waals surface area contributed by atoms with Crippen molar-refractivity contribution < 1.29 is 18.7 Å². The average Bonchev–Trinajstić information content (AvgIpc) is 3.28. The number of aromatic nitrogens is 2. The number of carbonyl (C=O) groups excluding carboxylic acids is 2. The van der Waals surface area contributed by atoms with Gasteiger partial charge in [0.15, 0.2) is 0 Å². The Morgan fingerprint density at radius 3 is 2.70 bits per heavy atom. The van der Waals surface area contributed by atoms with Crippen LogP contribution in [-0.2, 0) is 16.1 Å². The van der Waals surface area contributed by atoms with E-state index in [1.165, 1.54) is 4.90 Å². The van der Waals surface area contributed by atoms with Crippen LogP contribution in [0, 0.1) is 0 Å². The Morgan fingerprint density at radius 2 is 2.00 bits per heavy atom. The maximum Gasteiger partial charge on any atom is 0.410 e. The van der Waals surface area contributed by atoms with Crippen molar-refractivity contribution in [3.63, 3.8) is 0 Å². The fourth-order valence-corrected chi connectivity index (χ4v) is 2.88. The Morgan fingerprint density at radius 1 is 1.26 bits per heavy atom. The zero-order valence-corrected chi connectivity index (χ0v) is 15.8. The molecule has 1 aromatic heterocycles. The summed E-state index contributed by atoms with van der Waals surface area (Å²) in [4.78, 5) is 26.3. The lowest BCUT2D eigenvalue weighted by Crippen LogP contribution is -2.47. The topological polar surface area (TPSA) is 97.6 Å². The zero-order valence-electron chi connectivity index (χ0n) is 15.8. The SMILES string of the molecule is CC(C)(C)OC(=O)N1CCCC1C(=O)NCc1nnc(-c2ccccc2)o1. The van der Waals surface area contributed by atoms with E-state index in [0.29, 0.717) is 24.7 Å². The van der Waals surface area contributed by atoms with Crippen molar-refractivity contribution in [1.82, 2.24) is 20.4 Å². The molecule has 1 atom stereocenters. The fraction of sp³-hybridized carbons (Fsp3) is 0.474. The number of nitrogens with zero attached hydrogens (tertiary/aromatic N) is 3. The number of nitrogens with one attached hydrogen (secondary N) is 1. The third kappa shape index (κ3) is 4.84. The van der Waals surface area contributed by atoms with Gasteiger partial charge in [-0.1, -0.05) is 18.2 Å². The van der Waals surface area contributed by atoms with E-state index in [0.717, 1.165) is 12.0 Å². The van der Waals surface area contributed by atoms with E-state index in [9.17, 15) is 9.59 Å². The summed E-state index contributed by atoms with van der Waals surface area (Å²) < 4.78 is 11.0. The molecule has 1 aliphatic heterocycles. The molecule has 1 saturated heterocycles. The standard InChI is InChI=1S/C19H24N4O4/c1-19(2,3)27-18(25)23-11-7-10-14(23)16(24)20-12-15-21-22-17(26-15)13-8-5-4-6-9-13/h4-6,8-9,14H,7,10-12H2,1-3H3,(H,20,24). The molecule has 2 aromatic rings. The van der Waals surface area contributed by atoms with Gasteiger partial charge in [0.25, 0.3) is 0 Å². The molecule has 1 aliphatic rings. The van der Waals surface area contributed by atoms with Gasteiger partial charge in [-0.3, -0.25) is 9.69 Å². The summed E-state index contributed by atoms with van der Waals surface area (Å²) in [6.07, 6.45) is 0.893. The van der Waals surface area contributed by atoms with Gasteiger partial charge in [0.2, 0.25) is 17.7 Å². The number of carbonyl (C=O) groups is 2. The first-order chi connectivity index (χ1) is 12.8. The first-order valence-corrected chi connectivity index (χ1v) is 8.98. The maximum absolute atomic E-state index is 12.5. The minimum Gasteiger partial charge on any atom is -0.444 e. The normalized spacial score (nSPS) is 17.0. The van der Waals surface area contributed by atoms with E-state index < -0.39 is 17.7 Å². The summed E-state index contributed by atoms with van der Waals surface area (Å²) in [7, 11) is 0. The predicted octanol–water partition coefficient (Wildman–Crippen LogP) is 2.75. The van der Waals surface area contributed by atoms with Crippen LogP contribution in [0.25, 0.3) is 11.5 Å². The zero-order chi connectivity index (χ0) is 19.4. The lowest BCUT2D eigenvalue weighted by molar-refractivity contribution is -0.125. The second-order valence-corrected chi connectivity index (χ2v) is 7.42. The van der Waals surface area contributed by atoms with Crippen LogP contribution in [0.4, 0.5) is 4.79 Å². The molecule has 8 heteroatoms. The Hall–Kier alpha value is -2.90. The highest BCUT2D eigenvalue weighted by Gasteiger charge is 2.36. The molecule has 0 aliphatic carbocycles. The molecule has 1 unspecified atom stereocenters. The van der Waals surface area contributed by atoms with Gasteiger partial charge in [0, 0.05) is 12.1 Å². The van der Waals surface area contributed by atoms with Crippen molar-refractivity contribution >= 4 is 12.0 Å². The van der Waals surface area contributed by atoms with Crippen LogP contribution < -0.4 is 5.32 Å². The van der Waals surface area contributed by atoms with Gasteiger partial charge >= 0.3 is 6.09 Å². The van der Waals surface area contributed by atoms with Crippen LogP contribution in [0.15, 0.2) is 34.7 Å². The van der Waals surface area contributed by atoms with Gasteiger partial charge in [-0.25, -0.2) is 4.79 Å². The highest BCUT2D eigenvalue weighted by atomic mass is 16.6. The van der Waals surface area contributed by atoms with E-state index in [-0.39, 0.29) is 12.5 Å². The molecule has 0 spiro atoms. The van der Waals surface area contributed by atoms with Gasteiger partial charge in [-0.2, -0.15) is 0 Å². The first-order valence-electron chi connectivity index (χ1n) is 8.98. The second-order valence-electron chi connectivity index (χ2n) is 7.42. The second kappa shape index (κ2) is 7.77. The van der Waals surface area contributed by atoms with Crippen LogP contribution in [0.1, 0.15) is 39.5 Å². The largest absolute Gasteiger partial charge is 0.444 e. The molecular weight excluding hydrogens is 348 g/mol. The quantitative estimate of drug-likeness (QED) is 0.886. The van der Waals surface area contributed by atoms with Crippen LogP contribution in [0.2, 0.25) is 0 Å². The van der Waals surface area contributed by atoms with Crippen LogP contribution >= 0.6 is 0 Å². The third-order valence-corrected chi connectivity index (χ3v) is 4.08. The molecule has 0 saturated carbocycles. The number of likely N-dealkylation sites (tertiary alicyclic amines) is 1. The predicted molar refractivity (Wildman–Crippen MR) is 97.5 cm³/mol. The van der Waals surface area contributed by atoms with E-state index in [4.69, 9.17) is 9.15 Å². The van der Waals surface area contributed by atoms with Crippen LogP contribution in [-0.4, -0.2) is 45.3 Å². The summed E-state index contributed by atoms with van der Waals surface area (Å²) in [6, 6.07) is 8.86. The molecule has 0 bridgehead atoms. The van der Waals surface area contributed by atoms with Gasteiger partial charge in [-0.15, -0.1) is 10.2 Å². The number of hydrogen-bond acceptors (Lipinski definition) is 6. The number of hydrogen-bond donors (Lipinski definition) is 1. The first kappa shape index (κ1) is 18.9. The minimum atomic E-state index is -0.599. The summed E-state index contributed by atoms with van der Waals surface area (Å²) >= 11 is 0. The van der Waals surface area contributed by atoms with Crippen molar-refractivity contribution in [2.24, 2.45) is 0 Å². The van der Waals surface area contributed by atoms with E-state index in [2.05, 4.69) is 15.5 Å². The van der Waals surface area contributed by atoms with Gasteiger partial charge in [-0.05, 0) is 45.7 Å². The van der Waals surface area contributed by atoms with Gasteiger partial charge in [0.1, 0.15) is 11.6 Å². The molecule has 8 nitrogen and oxygen atoms in total. The van der Waals surface area contributed by atoms with Crippen molar-refractivity contribution in [2.45, 2.75) is 51.8 Å². The van der Waals surface area contributed by atoms with Gasteiger partial charge in [0.05, 0.1) is 6.54 Å². The number of amides is 2. The Balaban J connectivity index is 1.57. The smallest absolute Gasteiger partial charge is 0.410 e. The monoisotopic (exact) mass is 372 g/mol. The maximum atomic E-state index is 12.5. The summed E-state index contributed by atoms with van der Waals surface area (Å²) in [5.41, 5.74) is 0.215. The summed E-state index contributed by atoms with van der Waals surface area (Å²) in [5, 5.41) is 10.7. The Kier molecular flexibility index (Phi) is 5.43. The molecule has 1 aromatic carbocycles. The molecule has 1 fully saturated rings. The molecule has 27 heavy (non-hydrogen) atoms. The highest BCUT2D eigenvalue weighted by Crippen LogP contribution is 2.21. The van der Waals surface area contributed by atoms with Crippen LogP contribution in [0.5, 0.6) is 0 Å². The molecular formula is C19H24N4O4. The van der Waals surface area contributed by atoms with E-state index in [1.54, 1.807) is 20.8 Å². The highest BCUT2D eigenvalue weighted by molar-refractivity contribution is 5.86. The van der Waals surface area contributed by atoms with Crippen molar-refractivity contribution in [2.75, 3.05) is 6.54 Å². The lowest BCUT2D eigenvalue weighted by Gasteiger charge is -2.27. The Labute approximate surface area is 157 Å². The van der Waals surface area contributed by atoms with Crippen LogP contribution in [0.3, 0.4) is 0 Å².